The first-order valence-corrected chi connectivity index (χ1v) is 10.1. The number of aliphatic hydroxyl groups is 1. The van der Waals surface area contributed by atoms with Gasteiger partial charge in [0, 0.05) is 11.6 Å². The van der Waals surface area contributed by atoms with Gasteiger partial charge in [-0.2, -0.15) is 0 Å². The van der Waals surface area contributed by atoms with Crippen molar-refractivity contribution >= 4 is 30.0 Å². The minimum Gasteiger partial charge on any atom is -0.482 e. The fourth-order valence-corrected chi connectivity index (χ4v) is 3.28. The number of aliphatic hydroxyl groups excluding tert-OH is 1. The van der Waals surface area contributed by atoms with Crippen molar-refractivity contribution in [3.05, 3.63) is 88.9 Å². The Morgan fingerprint density at radius 1 is 1.00 bits per heavy atom. The summed E-state index contributed by atoms with van der Waals surface area (Å²) < 4.78 is 5.24. The lowest BCUT2D eigenvalue weighted by molar-refractivity contribution is -0.139. The van der Waals surface area contributed by atoms with E-state index in [2.05, 4.69) is 17.4 Å². The zero-order valence-electron chi connectivity index (χ0n) is 16.8. The molecule has 0 saturated heterocycles. The van der Waals surface area contributed by atoms with Crippen LogP contribution in [0, 0.1) is 0 Å². The van der Waals surface area contributed by atoms with Crippen molar-refractivity contribution in [1.29, 1.82) is 0 Å². The third kappa shape index (κ3) is 7.89. The Hall–Kier alpha value is -2.57. The Kier molecular flexibility index (Phi) is 9.82. The quantitative estimate of drug-likeness (QED) is 0.379. The highest BCUT2D eigenvalue weighted by atomic mass is 35.5. The summed E-state index contributed by atoms with van der Waals surface area (Å²) in [6, 6.07) is 22.8. The molecule has 31 heavy (non-hydrogen) atoms. The predicted octanol–water partition coefficient (Wildman–Crippen LogP) is 4.76. The molecule has 0 bridgehead atoms. The molecule has 0 aromatic heterocycles. The summed E-state index contributed by atoms with van der Waals surface area (Å²) in [6.45, 7) is 0.846. The first kappa shape index (κ1) is 24.7. The van der Waals surface area contributed by atoms with Crippen molar-refractivity contribution in [2.75, 3.05) is 19.7 Å². The molecule has 0 saturated carbocycles. The maximum atomic E-state index is 10.6. The van der Waals surface area contributed by atoms with E-state index in [4.69, 9.17) is 21.4 Å². The summed E-state index contributed by atoms with van der Waals surface area (Å²) in [7, 11) is 0. The highest BCUT2D eigenvalue weighted by molar-refractivity contribution is 6.30. The first-order chi connectivity index (χ1) is 14.5. The van der Waals surface area contributed by atoms with Gasteiger partial charge in [-0.3, -0.25) is 0 Å². The lowest BCUT2D eigenvalue weighted by Gasteiger charge is -2.13. The summed E-state index contributed by atoms with van der Waals surface area (Å²) in [6.07, 6.45) is 0.242. The number of halogens is 2. The monoisotopic (exact) mass is 461 g/mol. The number of nitrogens with one attached hydrogen (secondary N) is 1. The maximum Gasteiger partial charge on any atom is 0.341 e. The molecular weight excluding hydrogens is 437 g/mol. The molecule has 5 nitrogen and oxygen atoms in total. The van der Waals surface area contributed by atoms with Gasteiger partial charge in [0.1, 0.15) is 5.75 Å². The van der Waals surface area contributed by atoms with Gasteiger partial charge in [0.25, 0.3) is 0 Å². The SMILES string of the molecule is Cl.O=C(O)COc1cccc(-c2ccc(CCNC[C@H](O)c3cccc(Cl)c3)cc2)c1. The molecule has 3 rings (SSSR count). The number of benzene rings is 3. The zero-order valence-corrected chi connectivity index (χ0v) is 18.4. The minimum atomic E-state index is -1.00. The van der Waals surface area contributed by atoms with Crippen LogP contribution in [0.1, 0.15) is 17.2 Å². The number of carboxylic acids is 1. The van der Waals surface area contributed by atoms with E-state index >= 15 is 0 Å². The van der Waals surface area contributed by atoms with Gasteiger partial charge in [-0.25, -0.2) is 4.79 Å². The number of aliphatic carboxylic acids is 1. The van der Waals surface area contributed by atoms with Crippen molar-refractivity contribution in [1.82, 2.24) is 5.32 Å². The number of rotatable bonds is 10. The molecule has 0 radical (unpaired) electrons. The molecule has 3 N–H and O–H groups in total. The number of carboxylic acid groups (broad SMARTS) is 1. The van der Waals surface area contributed by atoms with Crippen LogP contribution < -0.4 is 10.1 Å². The van der Waals surface area contributed by atoms with Crippen molar-refractivity contribution < 1.29 is 19.7 Å². The fraction of sp³-hybridized carbons (Fsp3) is 0.208. The summed E-state index contributed by atoms with van der Waals surface area (Å²) in [5, 5.41) is 22.8. The number of hydrogen-bond donors (Lipinski definition) is 3. The molecule has 0 amide bonds. The van der Waals surface area contributed by atoms with E-state index in [1.807, 2.05) is 42.5 Å². The van der Waals surface area contributed by atoms with E-state index in [9.17, 15) is 9.90 Å². The van der Waals surface area contributed by atoms with E-state index in [0.29, 0.717) is 17.3 Å². The van der Waals surface area contributed by atoms with Crippen LogP contribution >= 0.6 is 24.0 Å². The molecule has 1 atom stereocenters. The van der Waals surface area contributed by atoms with Crippen LogP contribution in [-0.2, 0) is 11.2 Å². The summed E-state index contributed by atoms with van der Waals surface area (Å²) in [4.78, 5) is 10.6. The molecule has 0 aliphatic carbocycles. The Morgan fingerprint density at radius 2 is 1.74 bits per heavy atom. The van der Waals surface area contributed by atoms with Crippen molar-refractivity contribution in [3.63, 3.8) is 0 Å². The lowest BCUT2D eigenvalue weighted by Crippen LogP contribution is -2.23. The van der Waals surface area contributed by atoms with Gasteiger partial charge in [-0.1, -0.05) is 60.1 Å². The highest BCUT2D eigenvalue weighted by Crippen LogP contribution is 2.24. The van der Waals surface area contributed by atoms with Crippen LogP contribution in [-0.4, -0.2) is 35.9 Å². The molecule has 3 aromatic rings. The smallest absolute Gasteiger partial charge is 0.341 e. The van der Waals surface area contributed by atoms with Gasteiger partial charge < -0.3 is 20.3 Å². The summed E-state index contributed by atoms with van der Waals surface area (Å²) in [5.41, 5.74) is 3.98. The predicted molar refractivity (Wildman–Crippen MR) is 125 cm³/mol. The molecule has 164 valence electrons. The van der Waals surface area contributed by atoms with Crippen molar-refractivity contribution in [2.24, 2.45) is 0 Å². The second-order valence-electron chi connectivity index (χ2n) is 6.93. The second kappa shape index (κ2) is 12.3. The highest BCUT2D eigenvalue weighted by Gasteiger charge is 2.07. The van der Waals surface area contributed by atoms with E-state index in [0.717, 1.165) is 29.7 Å². The van der Waals surface area contributed by atoms with Crippen LogP contribution in [0.4, 0.5) is 0 Å². The Labute approximate surface area is 193 Å². The number of hydrogen-bond acceptors (Lipinski definition) is 4. The number of carbonyl (C=O) groups is 1. The molecule has 0 heterocycles. The van der Waals surface area contributed by atoms with Gasteiger partial charge in [0.05, 0.1) is 6.10 Å². The zero-order chi connectivity index (χ0) is 21.3. The second-order valence-corrected chi connectivity index (χ2v) is 7.37. The van der Waals surface area contributed by atoms with Gasteiger partial charge in [-0.05, 0) is 59.5 Å². The molecular formula is C24H25Cl2NO4. The molecule has 0 unspecified atom stereocenters. The van der Waals surface area contributed by atoms with E-state index in [-0.39, 0.29) is 19.0 Å². The largest absolute Gasteiger partial charge is 0.482 e. The Morgan fingerprint density at radius 3 is 2.45 bits per heavy atom. The van der Waals surface area contributed by atoms with Gasteiger partial charge >= 0.3 is 5.97 Å². The normalized spacial score (nSPS) is 11.4. The molecule has 0 spiro atoms. The minimum absolute atomic E-state index is 0. The molecule has 0 aliphatic heterocycles. The third-order valence-electron chi connectivity index (χ3n) is 4.65. The van der Waals surface area contributed by atoms with E-state index in [1.165, 1.54) is 5.56 Å². The van der Waals surface area contributed by atoms with Gasteiger partial charge in [0.2, 0.25) is 0 Å². The topological polar surface area (TPSA) is 78.8 Å². The molecule has 7 heteroatoms. The fourth-order valence-electron chi connectivity index (χ4n) is 3.08. The third-order valence-corrected chi connectivity index (χ3v) is 4.88. The van der Waals surface area contributed by atoms with Crippen molar-refractivity contribution in [3.8, 4) is 16.9 Å². The van der Waals surface area contributed by atoms with Crippen LogP contribution in [0.15, 0.2) is 72.8 Å². The van der Waals surface area contributed by atoms with Gasteiger partial charge in [0.15, 0.2) is 6.61 Å². The maximum absolute atomic E-state index is 10.6. The summed E-state index contributed by atoms with van der Waals surface area (Å²) >= 11 is 5.96. The average molecular weight is 462 g/mol. The van der Waals surface area contributed by atoms with Crippen LogP contribution in [0.5, 0.6) is 5.75 Å². The molecule has 0 aliphatic rings. The number of ether oxygens (including phenoxy) is 1. The Bertz CT molecular complexity index is 979. The standard InChI is InChI=1S/C24H24ClNO4.ClH/c25-21-5-1-4-20(13-21)23(27)15-26-12-11-17-7-9-18(10-8-17)19-3-2-6-22(14-19)30-16-24(28)29;/h1-10,13-14,23,26-27H,11-12,15-16H2,(H,28,29);1H/t23-;/m0./s1. The van der Waals surface area contributed by atoms with E-state index < -0.39 is 12.1 Å². The lowest BCUT2D eigenvalue weighted by atomic mass is 10.0. The van der Waals surface area contributed by atoms with Gasteiger partial charge in [-0.15, -0.1) is 12.4 Å². The van der Waals surface area contributed by atoms with Crippen LogP contribution in [0.2, 0.25) is 5.02 Å². The molecule has 3 aromatic carbocycles. The van der Waals surface area contributed by atoms with Crippen molar-refractivity contribution in [2.45, 2.75) is 12.5 Å². The molecule has 0 fully saturated rings. The van der Waals surface area contributed by atoms with E-state index in [1.54, 1.807) is 18.2 Å². The summed E-state index contributed by atoms with van der Waals surface area (Å²) in [5.74, 6) is -0.472. The average Bonchev–Trinajstić information content (AvgIpc) is 2.76. The van der Waals surface area contributed by atoms with Crippen LogP contribution in [0.3, 0.4) is 0 Å². The van der Waals surface area contributed by atoms with Crippen LogP contribution in [0.25, 0.3) is 11.1 Å². The first-order valence-electron chi connectivity index (χ1n) is 9.69. The Balaban J connectivity index is 0.00000341.